The van der Waals surface area contributed by atoms with E-state index >= 15 is 0 Å². The Morgan fingerprint density at radius 1 is 1.42 bits per heavy atom. The molecule has 2 amide bonds. The number of nitrogens with one attached hydrogen (secondary N) is 2. The Morgan fingerprint density at radius 3 is 2.63 bits per heavy atom. The largest absolute Gasteiger partial charge is 0.480 e. The molecule has 0 aromatic heterocycles. The van der Waals surface area contributed by atoms with E-state index in [4.69, 9.17) is 10.4 Å². The number of amides is 2. The van der Waals surface area contributed by atoms with Gasteiger partial charge >= 0.3 is 12.0 Å². The van der Waals surface area contributed by atoms with Gasteiger partial charge in [-0.1, -0.05) is 0 Å². The number of urea groups is 1. The van der Waals surface area contributed by atoms with Crippen LogP contribution in [-0.4, -0.2) is 22.6 Å². The van der Waals surface area contributed by atoms with E-state index in [9.17, 15) is 14.0 Å². The average Bonchev–Trinajstić information content (AvgIpc) is 3.12. The van der Waals surface area contributed by atoms with Crippen LogP contribution >= 0.6 is 0 Å². The second-order valence-corrected chi connectivity index (χ2v) is 4.27. The topological polar surface area (TPSA) is 102 Å². The van der Waals surface area contributed by atoms with E-state index in [2.05, 4.69) is 10.6 Å². The normalized spacial score (nSPS) is 15.2. The summed E-state index contributed by atoms with van der Waals surface area (Å²) in [6.45, 7) is 0. The number of hydrogen-bond donors (Lipinski definition) is 3. The number of anilines is 1. The first-order valence-corrected chi connectivity index (χ1v) is 5.49. The predicted octanol–water partition coefficient (Wildman–Crippen LogP) is 1.44. The third-order valence-electron chi connectivity index (χ3n) is 2.86. The van der Waals surface area contributed by atoms with Gasteiger partial charge in [0, 0.05) is 0 Å². The van der Waals surface area contributed by atoms with E-state index in [1.165, 1.54) is 6.07 Å². The minimum absolute atomic E-state index is 0.0321. The molecule has 19 heavy (non-hydrogen) atoms. The Labute approximate surface area is 107 Å². The van der Waals surface area contributed by atoms with Crippen LogP contribution in [0.3, 0.4) is 0 Å². The number of halogens is 1. The highest BCUT2D eigenvalue weighted by atomic mass is 19.1. The van der Waals surface area contributed by atoms with Crippen LogP contribution in [0.5, 0.6) is 0 Å². The monoisotopic (exact) mass is 263 g/mol. The first-order valence-electron chi connectivity index (χ1n) is 5.49. The van der Waals surface area contributed by atoms with Crippen molar-refractivity contribution in [1.29, 1.82) is 5.26 Å². The van der Waals surface area contributed by atoms with Crippen molar-refractivity contribution in [1.82, 2.24) is 5.32 Å². The van der Waals surface area contributed by atoms with Gasteiger partial charge in [0.15, 0.2) is 0 Å². The highest BCUT2D eigenvalue weighted by molar-refractivity contribution is 5.96. The third-order valence-corrected chi connectivity index (χ3v) is 2.86. The number of carboxylic acid groups (broad SMARTS) is 1. The van der Waals surface area contributed by atoms with E-state index in [-0.39, 0.29) is 11.3 Å². The molecule has 1 saturated carbocycles. The van der Waals surface area contributed by atoms with E-state index in [0.29, 0.717) is 12.8 Å². The highest BCUT2D eigenvalue weighted by Crippen LogP contribution is 2.35. The van der Waals surface area contributed by atoms with Gasteiger partial charge in [0.05, 0.1) is 11.3 Å². The molecule has 7 heteroatoms. The Morgan fingerprint density at radius 2 is 2.11 bits per heavy atom. The minimum atomic E-state index is -1.21. The molecule has 0 atom stereocenters. The molecule has 1 aliphatic carbocycles. The number of aliphatic carboxylic acids is 1. The molecule has 0 spiro atoms. The van der Waals surface area contributed by atoms with Crippen molar-refractivity contribution < 1.29 is 19.1 Å². The number of nitriles is 1. The Bertz CT molecular complexity index is 590. The lowest BCUT2D eigenvalue weighted by molar-refractivity contribution is -0.140. The zero-order valence-electron chi connectivity index (χ0n) is 9.74. The van der Waals surface area contributed by atoms with E-state index in [1.807, 2.05) is 0 Å². The number of nitrogens with zero attached hydrogens (tertiary/aromatic N) is 1. The van der Waals surface area contributed by atoms with Crippen LogP contribution in [0.1, 0.15) is 18.4 Å². The van der Waals surface area contributed by atoms with Crippen LogP contribution in [-0.2, 0) is 4.79 Å². The third kappa shape index (κ3) is 2.63. The van der Waals surface area contributed by atoms with Gasteiger partial charge in [0.25, 0.3) is 0 Å². The summed E-state index contributed by atoms with van der Waals surface area (Å²) < 4.78 is 12.9. The summed E-state index contributed by atoms with van der Waals surface area (Å²) in [5.41, 5.74) is -1.12. The minimum Gasteiger partial charge on any atom is -0.480 e. The van der Waals surface area contributed by atoms with Crippen LogP contribution in [0.4, 0.5) is 14.9 Å². The van der Waals surface area contributed by atoms with Gasteiger partial charge in [-0.15, -0.1) is 0 Å². The highest BCUT2D eigenvalue weighted by Gasteiger charge is 2.51. The summed E-state index contributed by atoms with van der Waals surface area (Å²) >= 11 is 0. The lowest BCUT2D eigenvalue weighted by Gasteiger charge is -2.13. The first kappa shape index (κ1) is 12.8. The van der Waals surface area contributed by atoms with Gasteiger partial charge < -0.3 is 15.7 Å². The van der Waals surface area contributed by atoms with Gasteiger partial charge in [0.1, 0.15) is 17.4 Å². The van der Waals surface area contributed by atoms with Crippen LogP contribution in [0, 0.1) is 17.1 Å². The van der Waals surface area contributed by atoms with Crippen molar-refractivity contribution in [2.45, 2.75) is 18.4 Å². The van der Waals surface area contributed by atoms with Crippen molar-refractivity contribution >= 4 is 17.7 Å². The maximum atomic E-state index is 12.9. The fourth-order valence-corrected chi connectivity index (χ4v) is 1.61. The van der Waals surface area contributed by atoms with E-state index in [1.54, 1.807) is 6.07 Å². The number of carbonyl (C=O) groups is 2. The molecule has 1 fully saturated rings. The maximum Gasteiger partial charge on any atom is 0.329 e. The molecule has 0 saturated heterocycles. The van der Waals surface area contributed by atoms with Crippen LogP contribution in [0.15, 0.2) is 18.2 Å². The molecule has 3 N–H and O–H groups in total. The molecule has 0 aliphatic heterocycles. The molecule has 98 valence electrons. The second-order valence-electron chi connectivity index (χ2n) is 4.27. The zero-order chi connectivity index (χ0) is 14.0. The molecule has 0 heterocycles. The van der Waals surface area contributed by atoms with Crippen molar-refractivity contribution in [2.75, 3.05) is 5.32 Å². The molecule has 0 bridgehead atoms. The molecule has 1 aromatic rings. The molecule has 1 aliphatic rings. The summed E-state index contributed by atoms with van der Waals surface area (Å²) in [6.07, 6.45) is 0.731. The number of carboxylic acids is 1. The molecule has 1 aromatic carbocycles. The fourth-order valence-electron chi connectivity index (χ4n) is 1.61. The summed E-state index contributed by atoms with van der Waals surface area (Å²) in [5, 5.41) is 22.4. The van der Waals surface area contributed by atoms with Crippen LogP contribution < -0.4 is 10.6 Å². The first-order chi connectivity index (χ1) is 8.97. The van der Waals surface area contributed by atoms with Gasteiger partial charge in [-0.05, 0) is 31.0 Å². The summed E-state index contributed by atoms with van der Waals surface area (Å²) in [4.78, 5) is 22.5. The summed E-state index contributed by atoms with van der Waals surface area (Å²) in [5.74, 6) is -1.69. The Hall–Kier alpha value is -2.62. The lowest BCUT2D eigenvalue weighted by Crippen LogP contribution is -2.45. The van der Waals surface area contributed by atoms with Gasteiger partial charge in [-0.25, -0.2) is 14.0 Å². The number of benzene rings is 1. The summed E-state index contributed by atoms with van der Waals surface area (Å²) in [7, 11) is 0. The molecule has 0 unspecified atom stereocenters. The fraction of sp³-hybridized carbons (Fsp3) is 0.250. The maximum absolute atomic E-state index is 12.9. The Balaban J connectivity index is 2.08. The molecular formula is C12H10FN3O3. The Kier molecular flexibility index (Phi) is 3.09. The van der Waals surface area contributed by atoms with Crippen LogP contribution in [0.25, 0.3) is 0 Å². The van der Waals surface area contributed by atoms with E-state index < -0.39 is 23.4 Å². The number of rotatable bonds is 3. The predicted molar refractivity (Wildman–Crippen MR) is 62.9 cm³/mol. The standard InChI is InChI=1S/C12H10FN3O3/c13-8-1-2-9(7(5-8)6-14)15-11(19)16-12(3-4-12)10(17)18/h1-2,5H,3-4H2,(H,17,18)(H2,15,16,19). The quantitative estimate of drug-likeness (QED) is 0.767. The molecule has 2 rings (SSSR count). The van der Waals surface area contributed by atoms with Gasteiger partial charge in [-0.3, -0.25) is 0 Å². The average molecular weight is 263 g/mol. The van der Waals surface area contributed by atoms with Crippen molar-refractivity contribution in [2.24, 2.45) is 0 Å². The number of carbonyl (C=O) groups excluding carboxylic acids is 1. The zero-order valence-corrected chi connectivity index (χ0v) is 9.74. The van der Waals surface area contributed by atoms with Gasteiger partial charge in [-0.2, -0.15) is 5.26 Å². The second kappa shape index (κ2) is 4.57. The van der Waals surface area contributed by atoms with Crippen molar-refractivity contribution in [3.8, 4) is 6.07 Å². The molecule has 6 nitrogen and oxygen atoms in total. The smallest absolute Gasteiger partial charge is 0.329 e. The SMILES string of the molecule is N#Cc1cc(F)ccc1NC(=O)NC1(C(=O)O)CC1. The summed E-state index contributed by atoms with van der Waals surface area (Å²) in [6, 6.07) is 4.34. The lowest BCUT2D eigenvalue weighted by atomic mass is 10.2. The van der Waals surface area contributed by atoms with Crippen molar-refractivity contribution in [3.63, 3.8) is 0 Å². The molecule has 0 radical (unpaired) electrons. The number of hydrogen-bond acceptors (Lipinski definition) is 3. The van der Waals surface area contributed by atoms with Crippen molar-refractivity contribution in [3.05, 3.63) is 29.6 Å². The van der Waals surface area contributed by atoms with E-state index in [0.717, 1.165) is 12.1 Å². The van der Waals surface area contributed by atoms with Gasteiger partial charge in [0.2, 0.25) is 0 Å². The van der Waals surface area contributed by atoms with Crippen LogP contribution in [0.2, 0.25) is 0 Å². The molecular weight excluding hydrogens is 253 g/mol.